The van der Waals surface area contributed by atoms with E-state index in [1.54, 1.807) is 18.2 Å². The van der Waals surface area contributed by atoms with Crippen LogP contribution in [0.4, 0.5) is 5.69 Å². The maximum absolute atomic E-state index is 9.20. The fourth-order valence-electron chi connectivity index (χ4n) is 2.18. The van der Waals surface area contributed by atoms with Crippen molar-refractivity contribution in [1.29, 1.82) is 10.5 Å². The lowest BCUT2D eigenvalue weighted by molar-refractivity contribution is 0.326. The molecule has 2 aromatic carbocycles. The van der Waals surface area contributed by atoms with Gasteiger partial charge in [-0.25, -0.2) is 0 Å². The van der Waals surface area contributed by atoms with Crippen LogP contribution in [0.3, 0.4) is 0 Å². The number of nitrogens with zero attached hydrogens (tertiary/aromatic N) is 3. The van der Waals surface area contributed by atoms with E-state index in [9.17, 15) is 10.5 Å². The number of para-hydroxylation sites is 1. The molecule has 0 N–H and O–H groups in total. The summed E-state index contributed by atoms with van der Waals surface area (Å²) in [5, 5.41) is 18.4. The lowest BCUT2D eigenvalue weighted by atomic mass is 10.1. The third-order valence-corrected chi connectivity index (χ3v) is 3.38. The van der Waals surface area contributed by atoms with Gasteiger partial charge in [0.05, 0.1) is 23.4 Å². The molecule has 0 saturated heterocycles. The lowest BCUT2D eigenvalue weighted by Gasteiger charge is -2.21. The summed E-state index contributed by atoms with van der Waals surface area (Å²) in [4.78, 5) is 1.88. The highest BCUT2D eigenvalue weighted by molar-refractivity contribution is 5.67. The maximum atomic E-state index is 9.20. The van der Waals surface area contributed by atoms with E-state index in [-0.39, 0.29) is 0 Å². The summed E-state index contributed by atoms with van der Waals surface area (Å²) in [6.07, 6.45) is 0. The Morgan fingerprint density at radius 3 is 2.14 bits per heavy atom. The van der Waals surface area contributed by atoms with E-state index in [0.717, 1.165) is 5.75 Å². The Hall–Kier alpha value is -2.98. The molecule has 2 rings (SSSR count). The van der Waals surface area contributed by atoms with Gasteiger partial charge in [-0.15, -0.1) is 0 Å². The molecule has 0 fully saturated rings. The number of nitriles is 2. The minimum atomic E-state index is 0.476. The highest BCUT2D eigenvalue weighted by Crippen LogP contribution is 2.23. The third kappa shape index (κ3) is 3.56. The van der Waals surface area contributed by atoms with Gasteiger partial charge in [-0.1, -0.05) is 23.8 Å². The molecule has 0 unspecified atom stereocenters. The maximum Gasteiger partial charge on any atom is 0.119 e. The summed E-state index contributed by atoms with van der Waals surface area (Å²) in [5.74, 6) is 0.813. The minimum absolute atomic E-state index is 0.476. The molecule has 0 radical (unpaired) electrons. The minimum Gasteiger partial charge on any atom is -0.492 e. The summed E-state index contributed by atoms with van der Waals surface area (Å²) >= 11 is 0. The van der Waals surface area contributed by atoms with Gasteiger partial charge < -0.3 is 9.64 Å². The molecule has 0 heterocycles. The van der Waals surface area contributed by atoms with Crippen molar-refractivity contribution in [3.8, 4) is 17.9 Å². The molecule has 0 atom stereocenters. The van der Waals surface area contributed by atoms with E-state index in [4.69, 9.17) is 4.74 Å². The number of anilines is 1. The Balaban J connectivity index is 2.04. The first-order valence-corrected chi connectivity index (χ1v) is 6.99. The second-order valence-corrected chi connectivity index (χ2v) is 5.01. The van der Waals surface area contributed by atoms with Crippen LogP contribution in [-0.2, 0) is 0 Å². The Morgan fingerprint density at radius 1 is 1.00 bits per heavy atom. The Bertz CT molecular complexity index is 691. The topological polar surface area (TPSA) is 60.0 Å². The van der Waals surface area contributed by atoms with Crippen LogP contribution in [0.1, 0.15) is 16.7 Å². The Kier molecular flexibility index (Phi) is 5.01. The molecule has 4 nitrogen and oxygen atoms in total. The molecule has 2 aromatic rings. The van der Waals surface area contributed by atoms with Gasteiger partial charge in [0.25, 0.3) is 0 Å². The van der Waals surface area contributed by atoms with Crippen molar-refractivity contribution < 1.29 is 4.74 Å². The average molecular weight is 291 g/mol. The molecule has 0 aliphatic carbocycles. The second-order valence-electron chi connectivity index (χ2n) is 5.01. The number of benzene rings is 2. The normalized spacial score (nSPS) is 9.64. The fraction of sp³-hybridized carbons (Fsp3) is 0.222. The standard InChI is InChI=1S/C18H17N3O/c1-14-6-8-17(9-7-14)22-11-10-21(2)18-15(12-19)4-3-5-16(18)13-20/h3-9H,10-11H2,1-2H3. The monoisotopic (exact) mass is 291 g/mol. The first-order valence-electron chi connectivity index (χ1n) is 6.99. The number of likely N-dealkylation sites (N-methyl/N-ethyl adjacent to an activating group) is 1. The number of hydrogen-bond donors (Lipinski definition) is 0. The first-order chi connectivity index (χ1) is 10.7. The van der Waals surface area contributed by atoms with E-state index in [1.165, 1.54) is 5.56 Å². The fourth-order valence-corrected chi connectivity index (χ4v) is 2.18. The predicted octanol–water partition coefficient (Wildman–Crippen LogP) is 3.25. The molecule has 0 spiro atoms. The van der Waals surface area contributed by atoms with Crippen molar-refractivity contribution in [2.75, 3.05) is 25.1 Å². The number of aryl methyl sites for hydroxylation is 1. The van der Waals surface area contributed by atoms with Crippen molar-refractivity contribution in [3.63, 3.8) is 0 Å². The van der Waals surface area contributed by atoms with Crippen LogP contribution < -0.4 is 9.64 Å². The SMILES string of the molecule is Cc1ccc(OCCN(C)c2c(C#N)cccc2C#N)cc1. The van der Waals surface area contributed by atoms with Crippen LogP contribution in [-0.4, -0.2) is 20.2 Å². The van der Waals surface area contributed by atoms with Gasteiger partial charge in [0.15, 0.2) is 0 Å². The van der Waals surface area contributed by atoms with Gasteiger partial charge >= 0.3 is 0 Å². The van der Waals surface area contributed by atoms with Gasteiger partial charge in [-0.3, -0.25) is 0 Å². The molecule has 110 valence electrons. The smallest absolute Gasteiger partial charge is 0.119 e. The van der Waals surface area contributed by atoms with E-state index >= 15 is 0 Å². The molecule has 0 saturated carbocycles. The van der Waals surface area contributed by atoms with Gasteiger partial charge in [-0.05, 0) is 31.2 Å². The van der Waals surface area contributed by atoms with Crippen molar-refractivity contribution in [1.82, 2.24) is 0 Å². The van der Waals surface area contributed by atoms with E-state index in [1.807, 2.05) is 43.1 Å². The lowest BCUT2D eigenvalue weighted by Crippen LogP contribution is -2.25. The largest absolute Gasteiger partial charge is 0.492 e. The molecular weight excluding hydrogens is 274 g/mol. The van der Waals surface area contributed by atoms with Gasteiger partial charge in [0.1, 0.15) is 24.5 Å². The van der Waals surface area contributed by atoms with Crippen molar-refractivity contribution in [2.45, 2.75) is 6.92 Å². The Labute approximate surface area is 130 Å². The Morgan fingerprint density at radius 2 is 1.59 bits per heavy atom. The zero-order valence-corrected chi connectivity index (χ0v) is 12.7. The predicted molar refractivity (Wildman–Crippen MR) is 85.8 cm³/mol. The van der Waals surface area contributed by atoms with Crippen molar-refractivity contribution in [3.05, 3.63) is 59.2 Å². The van der Waals surface area contributed by atoms with E-state index in [0.29, 0.717) is 30.0 Å². The number of rotatable bonds is 5. The molecular formula is C18H17N3O. The molecule has 4 heteroatoms. The van der Waals surface area contributed by atoms with Crippen LogP contribution in [0.2, 0.25) is 0 Å². The molecule has 0 bridgehead atoms. The summed E-state index contributed by atoms with van der Waals surface area (Å²) < 4.78 is 5.69. The highest BCUT2D eigenvalue weighted by Gasteiger charge is 2.12. The zero-order chi connectivity index (χ0) is 15.9. The molecule has 22 heavy (non-hydrogen) atoms. The van der Waals surface area contributed by atoms with Crippen molar-refractivity contribution >= 4 is 5.69 Å². The number of ether oxygens (including phenoxy) is 1. The van der Waals surface area contributed by atoms with Crippen LogP contribution in [0.5, 0.6) is 5.75 Å². The summed E-state index contributed by atoms with van der Waals surface area (Å²) in [6, 6.07) is 17.3. The van der Waals surface area contributed by atoms with Crippen LogP contribution in [0.25, 0.3) is 0 Å². The van der Waals surface area contributed by atoms with Crippen LogP contribution >= 0.6 is 0 Å². The van der Waals surface area contributed by atoms with Crippen LogP contribution in [0, 0.1) is 29.6 Å². The summed E-state index contributed by atoms with van der Waals surface area (Å²) in [5.41, 5.74) is 2.83. The van der Waals surface area contributed by atoms with Crippen LogP contribution in [0.15, 0.2) is 42.5 Å². The van der Waals surface area contributed by atoms with Gasteiger partial charge in [-0.2, -0.15) is 10.5 Å². The van der Waals surface area contributed by atoms with E-state index < -0.39 is 0 Å². The second kappa shape index (κ2) is 7.15. The summed E-state index contributed by atoms with van der Waals surface area (Å²) in [7, 11) is 1.86. The van der Waals surface area contributed by atoms with Crippen molar-refractivity contribution in [2.24, 2.45) is 0 Å². The third-order valence-electron chi connectivity index (χ3n) is 3.38. The van der Waals surface area contributed by atoms with Gasteiger partial charge in [0, 0.05) is 7.05 Å². The quantitative estimate of drug-likeness (QED) is 0.848. The molecule has 0 aliphatic heterocycles. The van der Waals surface area contributed by atoms with Gasteiger partial charge in [0.2, 0.25) is 0 Å². The average Bonchev–Trinajstić information content (AvgIpc) is 2.55. The van der Waals surface area contributed by atoms with E-state index in [2.05, 4.69) is 12.1 Å². The molecule has 0 amide bonds. The summed E-state index contributed by atoms with van der Waals surface area (Å²) in [6.45, 7) is 3.09. The highest BCUT2D eigenvalue weighted by atomic mass is 16.5. The molecule has 0 aromatic heterocycles. The first kappa shape index (κ1) is 15.4. The molecule has 0 aliphatic rings. The number of hydrogen-bond acceptors (Lipinski definition) is 4. The zero-order valence-electron chi connectivity index (χ0n) is 12.7.